The van der Waals surface area contributed by atoms with E-state index >= 15 is 0 Å². The molecule has 0 unspecified atom stereocenters. The Hall–Kier alpha value is -1.32. The van der Waals surface area contributed by atoms with Crippen LogP contribution in [0.4, 0.5) is 0 Å². The zero-order valence-corrected chi connectivity index (χ0v) is 7.54. The summed E-state index contributed by atoms with van der Waals surface area (Å²) in [5.41, 5.74) is -0.0306. The van der Waals surface area contributed by atoms with Crippen molar-refractivity contribution in [1.29, 1.82) is 0 Å². The van der Waals surface area contributed by atoms with Crippen LogP contribution in [0.5, 0.6) is 0 Å². The van der Waals surface area contributed by atoms with E-state index in [1.165, 1.54) is 6.08 Å². The molecule has 1 fully saturated rings. The molecule has 4 heteroatoms. The quantitative estimate of drug-likeness (QED) is 0.638. The predicted octanol–water partition coefficient (Wildman–Crippen LogP) is 0.891. The fraction of sp³-hybridized carbons (Fsp3) is 0.556. The van der Waals surface area contributed by atoms with E-state index in [9.17, 15) is 9.59 Å². The average Bonchev–Trinajstić information content (AvgIpc) is 1.96. The maximum atomic E-state index is 11.3. The lowest BCUT2D eigenvalue weighted by atomic mass is 9.85. The molecule has 13 heavy (non-hydrogen) atoms. The van der Waals surface area contributed by atoms with Gasteiger partial charge in [0.1, 0.15) is 5.70 Å². The van der Waals surface area contributed by atoms with Crippen LogP contribution in [0.3, 0.4) is 0 Å². The number of amides is 1. The molecule has 1 rings (SSSR count). The third kappa shape index (κ3) is 2.31. The monoisotopic (exact) mass is 183 g/mol. The van der Waals surface area contributed by atoms with E-state index in [2.05, 4.69) is 5.32 Å². The minimum absolute atomic E-state index is 0.0225. The highest BCUT2D eigenvalue weighted by molar-refractivity contribution is 5.93. The van der Waals surface area contributed by atoms with E-state index in [1.807, 2.05) is 0 Å². The van der Waals surface area contributed by atoms with Crippen molar-refractivity contribution in [3.63, 3.8) is 0 Å². The molecule has 0 aromatic heterocycles. The van der Waals surface area contributed by atoms with Gasteiger partial charge in [-0.05, 0) is 19.8 Å². The van der Waals surface area contributed by atoms with Gasteiger partial charge in [-0.3, -0.25) is 4.79 Å². The predicted molar refractivity (Wildman–Crippen MR) is 46.9 cm³/mol. The second kappa shape index (κ2) is 4.07. The number of hydrogen-bond donors (Lipinski definition) is 2. The second-order valence-electron chi connectivity index (χ2n) is 3.12. The minimum Gasteiger partial charge on any atom is -0.477 e. The Morgan fingerprint density at radius 2 is 2.08 bits per heavy atom. The van der Waals surface area contributed by atoms with Gasteiger partial charge < -0.3 is 10.4 Å². The van der Waals surface area contributed by atoms with Gasteiger partial charge >= 0.3 is 5.97 Å². The number of aliphatic carboxylic acids is 1. The molecule has 1 saturated carbocycles. The Morgan fingerprint density at radius 1 is 1.46 bits per heavy atom. The van der Waals surface area contributed by atoms with Crippen molar-refractivity contribution < 1.29 is 14.7 Å². The summed E-state index contributed by atoms with van der Waals surface area (Å²) in [7, 11) is 0. The van der Waals surface area contributed by atoms with Crippen molar-refractivity contribution >= 4 is 11.9 Å². The lowest BCUT2D eigenvalue weighted by Gasteiger charge is -2.23. The molecule has 1 aliphatic carbocycles. The van der Waals surface area contributed by atoms with Crippen LogP contribution in [0.15, 0.2) is 11.8 Å². The zero-order valence-electron chi connectivity index (χ0n) is 7.54. The zero-order chi connectivity index (χ0) is 9.84. The van der Waals surface area contributed by atoms with Crippen molar-refractivity contribution in [2.24, 2.45) is 5.92 Å². The van der Waals surface area contributed by atoms with Gasteiger partial charge in [0.25, 0.3) is 0 Å². The first-order valence-electron chi connectivity index (χ1n) is 4.35. The highest BCUT2D eigenvalue weighted by atomic mass is 16.4. The van der Waals surface area contributed by atoms with Crippen LogP contribution in [-0.2, 0) is 9.59 Å². The third-order valence-electron chi connectivity index (χ3n) is 2.25. The van der Waals surface area contributed by atoms with E-state index in [-0.39, 0.29) is 17.5 Å². The van der Waals surface area contributed by atoms with Crippen molar-refractivity contribution in [3.05, 3.63) is 11.8 Å². The number of nitrogens with one attached hydrogen (secondary N) is 1. The molecule has 0 spiro atoms. The Balaban J connectivity index is 2.46. The highest BCUT2D eigenvalue weighted by Crippen LogP contribution is 2.26. The lowest BCUT2D eigenvalue weighted by molar-refractivity contribution is -0.135. The fourth-order valence-corrected chi connectivity index (χ4v) is 1.15. The topological polar surface area (TPSA) is 66.4 Å². The maximum absolute atomic E-state index is 11.3. The van der Waals surface area contributed by atoms with Crippen LogP contribution in [0.25, 0.3) is 0 Å². The van der Waals surface area contributed by atoms with Gasteiger partial charge in [-0.1, -0.05) is 12.5 Å². The molecule has 0 radical (unpaired) electrons. The number of rotatable bonds is 3. The van der Waals surface area contributed by atoms with Gasteiger partial charge in [-0.25, -0.2) is 4.79 Å². The summed E-state index contributed by atoms with van der Waals surface area (Å²) in [4.78, 5) is 21.8. The van der Waals surface area contributed by atoms with E-state index in [0.717, 1.165) is 19.3 Å². The molecule has 0 aromatic carbocycles. The van der Waals surface area contributed by atoms with Gasteiger partial charge in [-0.2, -0.15) is 0 Å². The normalized spacial score (nSPS) is 17.8. The number of hydrogen-bond acceptors (Lipinski definition) is 2. The summed E-state index contributed by atoms with van der Waals surface area (Å²) in [5, 5.41) is 11.0. The van der Waals surface area contributed by atoms with Gasteiger partial charge in [0.05, 0.1) is 0 Å². The molecule has 2 N–H and O–H groups in total. The molecule has 0 aromatic rings. The van der Waals surface area contributed by atoms with Crippen LogP contribution in [0, 0.1) is 5.92 Å². The molecule has 0 heterocycles. The minimum atomic E-state index is -1.09. The van der Waals surface area contributed by atoms with E-state index in [4.69, 9.17) is 5.11 Å². The number of allylic oxidation sites excluding steroid dienone is 1. The molecular formula is C9H13NO3. The van der Waals surface area contributed by atoms with Crippen molar-refractivity contribution in [3.8, 4) is 0 Å². The Bertz CT molecular complexity index is 254. The number of carboxylic acid groups (broad SMARTS) is 1. The first-order valence-corrected chi connectivity index (χ1v) is 4.35. The molecule has 1 amide bonds. The van der Waals surface area contributed by atoms with E-state index in [1.54, 1.807) is 6.92 Å². The first kappa shape index (κ1) is 9.77. The molecule has 0 aliphatic heterocycles. The van der Waals surface area contributed by atoms with Crippen LogP contribution in [0.1, 0.15) is 26.2 Å². The number of carbonyl (C=O) groups excluding carboxylic acids is 1. The second-order valence-corrected chi connectivity index (χ2v) is 3.12. The molecule has 72 valence electrons. The molecule has 0 saturated heterocycles. The SMILES string of the molecule is CC=C(NC(=O)C1CCC1)C(=O)O. The summed E-state index contributed by atoms with van der Waals surface area (Å²) >= 11 is 0. The highest BCUT2D eigenvalue weighted by Gasteiger charge is 2.26. The van der Waals surface area contributed by atoms with Gasteiger partial charge in [0.15, 0.2) is 0 Å². The fourth-order valence-electron chi connectivity index (χ4n) is 1.15. The van der Waals surface area contributed by atoms with Crippen molar-refractivity contribution in [1.82, 2.24) is 5.32 Å². The van der Waals surface area contributed by atoms with Crippen molar-refractivity contribution in [2.75, 3.05) is 0 Å². The van der Waals surface area contributed by atoms with Crippen LogP contribution < -0.4 is 5.32 Å². The summed E-state index contributed by atoms with van der Waals surface area (Å²) < 4.78 is 0. The molecule has 0 atom stereocenters. The maximum Gasteiger partial charge on any atom is 0.352 e. The van der Waals surface area contributed by atoms with Gasteiger partial charge in [0, 0.05) is 5.92 Å². The number of carbonyl (C=O) groups is 2. The van der Waals surface area contributed by atoms with Gasteiger partial charge in [-0.15, -0.1) is 0 Å². The third-order valence-corrected chi connectivity index (χ3v) is 2.25. The Morgan fingerprint density at radius 3 is 2.38 bits per heavy atom. The Labute approximate surface area is 76.6 Å². The molecular weight excluding hydrogens is 170 g/mol. The van der Waals surface area contributed by atoms with Crippen molar-refractivity contribution in [2.45, 2.75) is 26.2 Å². The van der Waals surface area contributed by atoms with E-state index in [0.29, 0.717) is 0 Å². The molecule has 0 bridgehead atoms. The standard InChI is InChI=1S/C9H13NO3/c1-2-7(9(12)13)10-8(11)6-4-3-5-6/h2,6H,3-5H2,1H3,(H,10,11)(H,12,13). The molecule has 1 aliphatic rings. The first-order chi connectivity index (χ1) is 6.15. The average molecular weight is 183 g/mol. The largest absolute Gasteiger partial charge is 0.477 e. The summed E-state index contributed by atoms with van der Waals surface area (Å²) in [5.74, 6) is -1.23. The van der Waals surface area contributed by atoms with Crippen LogP contribution in [0.2, 0.25) is 0 Å². The number of carboxylic acids is 1. The summed E-state index contributed by atoms with van der Waals surface area (Å²) in [6.45, 7) is 1.59. The van der Waals surface area contributed by atoms with E-state index < -0.39 is 5.97 Å². The van der Waals surface area contributed by atoms with Crippen LogP contribution >= 0.6 is 0 Å². The van der Waals surface area contributed by atoms with Gasteiger partial charge in [0.2, 0.25) is 5.91 Å². The smallest absolute Gasteiger partial charge is 0.352 e. The summed E-state index contributed by atoms with van der Waals surface area (Å²) in [6.07, 6.45) is 4.21. The summed E-state index contributed by atoms with van der Waals surface area (Å²) in [6, 6.07) is 0. The Kier molecular flexibility index (Phi) is 3.06. The van der Waals surface area contributed by atoms with Crippen LogP contribution in [-0.4, -0.2) is 17.0 Å². The lowest BCUT2D eigenvalue weighted by Crippen LogP contribution is -2.35. The molecule has 4 nitrogen and oxygen atoms in total.